The molecular formula is C20H23N5O. The van der Waals surface area contributed by atoms with Crippen LogP contribution in [0.1, 0.15) is 40.6 Å². The van der Waals surface area contributed by atoms with E-state index in [1.54, 1.807) is 12.4 Å². The zero-order chi connectivity index (χ0) is 18.3. The van der Waals surface area contributed by atoms with Crippen molar-refractivity contribution in [3.8, 4) is 0 Å². The van der Waals surface area contributed by atoms with Crippen LogP contribution >= 0.6 is 0 Å². The van der Waals surface area contributed by atoms with Crippen LogP contribution in [-0.2, 0) is 7.05 Å². The van der Waals surface area contributed by atoms with Gasteiger partial charge in [0.2, 0.25) is 0 Å². The molecule has 3 heterocycles. The summed E-state index contributed by atoms with van der Waals surface area (Å²) in [4.78, 5) is 24.3. The van der Waals surface area contributed by atoms with Crippen molar-refractivity contribution in [1.82, 2.24) is 19.4 Å². The molecule has 2 aromatic heterocycles. The first kappa shape index (κ1) is 16.6. The van der Waals surface area contributed by atoms with Gasteiger partial charge in [0.05, 0.1) is 29.7 Å². The fraction of sp³-hybridized carbons (Fsp3) is 0.350. The van der Waals surface area contributed by atoms with E-state index < -0.39 is 0 Å². The molecule has 0 unspecified atom stereocenters. The molecule has 0 saturated carbocycles. The van der Waals surface area contributed by atoms with Crippen LogP contribution in [0.15, 0.2) is 36.7 Å². The topological polar surface area (TPSA) is 63.1 Å². The Morgan fingerprint density at radius 1 is 1.27 bits per heavy atom. The Morgan fingerprint density at radius 2 is 2.08 bits per heavy atom. The minimum absolute atomic E-state index is 0.0262. The Morgan fingerprint density at radius 3 is 2.88 bits per heavy atom. The SMILES string of the molecule is CNc1cncc([C@H]2CCCN2C(=O)c2c(C)n(C)c3ccccc23)n1. The Labute approximate surface area is 152 Å². The van der Waals surface area contributed by atoms with Gasteiger partial charge >= 0.3 is 0 Å². The second-order valence-corrected chi connectivity index (χ2v) is 6.77. The Hall–Kier alpha value is -2.89. The van der Waals surface area contributed by atoms with E-state index in [1.165, 1.54) is 0 Å². The van der Waals surface area contributed by atoms with E-state index in [2.05, 4.69) is 25.9 Å². The van der Waals surface area contributed by atoms with Gasteiger partial charge in [-0.1, -0.05) is 18.2 Å². The fourth-order valence-corrected chi connectivity index (χ4v) is 3.91. The number of fused-ring (bicyclic) bond motifs is 1. The van der Waals surface area contributed by atoms with Crippen LogP contribution in [0.25, 0.3) is 10.9 Å². The van der Waals surface area contributed by atoms with Crippen molar-refractivity contribution >= 4 is 22.6 Å². The average molecular weight is 349 g/mol. The summed E-state index contributed by atoms with van der Waals surface area (Å²) < 4.78 is 2.09. The molecule has 1 aromatic carbocycles. The third kappa shape index (κ3) is 2.53. The van der Waals surface area contributed by atoms with Crippen LogP contribution < -0.4 is 5.32 Å². The molecule has 0 bridgehead atoms. The van der Waals surface area contributed by atoms with Gasteiger partial charge in [-0.05, 0) is 25.8 Å². The van der Waals surface area contributed by atoms with Crippen LogP contribution in [0, 0.1) is 6.92 Å². The van der Waals surface area contributed by atoms with Crippen LogP contribution in [0.3, 0.4) is 0 Å². The number of likely N-dealkylation sites (tertiary alicyclic amines) is 1. The third-order valence-corrected chi connectivity index (χ3v) is 5.38. The summed E-state index contributed by atoms with van der Waals surface area (Å²) in [7, 11) is 3.84. The number of hydrogen-bond acceptors (Lipinski definition) is 4. The number of nitrogens with one attached hydrogen (secondary N) is 1. The molecule has 1 amide bonds. The molecule has 3 aromatic rings. The lowest BCUT2D eigenvalue weighted by Gasteiger charge is -2.24. The Kier molecular flexibility index (Phi) is 4.11. The van der Waals surface area contributed by atoms with Gasteiger partial charge in [0.15, 0.2) is 0 Å². The molecule has 0 aliphatic carbocycles. The van der Waals surface area contributed by atoms with Crippen LogP contribution in [-0.4, -0.2) is 38.9 Å². The van der Waals surface area contributed by atoms with Crippen molar-refractivity contribution in [2.24, 2.45) is 7.05 Å². The van der Waals surface area contributed by atoms with Crippen LogP contribution in [0.5, 0.6) is 0 Å². The number of carbonyl (C=O) groups excluding carboxylic acids is 1. The van der Waals surface area contributed by atoms with Crippen LogP contribution in [0.2, 0.25) is 0 Å². The summed E-state index contributed by atoms with van der Waals surface area (Å²) in [5.74, 6) is 0.807. The van der Waals surface area contributed by atoms with Gasteiger partial charge in [0.1, 0.15) is 5.82 Å². The highest BCUT2D eigenvalue weighted by molar-refractivity contribution is 6.08. The maximum absolute atomic E-state index is 13.5. The van der Waals surface area contributed by atoms with E-state index in [0.717, 1.165) is 53.1 Å². The fourth-order valence-electron chi connectivity index (χ4n) is 3.91. The first-order valence-electron chi connectivity index (χ1n) is 8.96. The van der Waals surface area contributed by atoms with Crippen LogP contribution in [0.4, 0.5) is 5.82 Å². The summed E-state index contributed by atoms with van der Waals surface area (Å²) in [6, 6.07) is 8.06. The average Bonchev–Trinajstić information content (AvgIpc) is 3.26. The molecule has 1 saturated heterocycles. The molecule has 1 aliphatic rings. The van der Waals surface area contributed by atoms with E-state index in [0.29, 0.717) is 0 Å². The second kappa shape index (κ2) is 6.44. The lowest BCUT2D eigenvalue weighted by molar-refractivity contribution is 0.0734. The summed E-state index contributed by atoms with van der Waals surface area (Å²) in [6.45, 7) is 2.76. The summed E-state index contributed by atoms with van der Waals surface area (Å²) in [5, 5.41) is 4.04. The molecule has 0 radical (unpaired) electrons. The molecule has 6 nitrogen and oxygen atoms in total. The standard InChI is InChI=1S/C20H23N5O/c1-13-19(14-7-4-5-8-16(14)24(13)3)20(26)25-10-6-9-17(25)15-11-22-12-18(21-2)23-15/h4-5,7-8,11-12,17H,6,9-10H2,1-3H3,(H,21,23)/t17-/m1/s1. The maximum atomic E-state index is 13.5. The van der Waals surface area contributed by atoms with Crippen molar-refractivity contribution in [2.75, 3.05) is 18.9 Å². The minimum Gasteiger partial charge on any atom is -0.372 e. The lowest BCUT2D eigenvalue weighted by atomic mass is 10.1. The van der Waals surface area contributed by atoms with Crippen molar-refractivity contribution in [3.63, 3.8) is 0 Å². The number of hydrogen-bond donors (Lipinski definition) is 1. The monoisotopic (exact) mass is 349 g/mol. The first-order valence-corrected chi connectivity index (χ1v) is 8.96. The van der Waals surface area contributed by atoms with E-state index in [-0.39, 0.29) is 11.9 Å². The number of aryl methyl sites for hydroxylation is 1. The highest BCUT2D eigenvalue weighted by atomic mass is 16.2. The quantitative estimate of drug-likeness (QED) is 0.788. The van der Waals surface area contributed by atoms with Gasteiger partial charge in [-0.15, -0.1) is 0 Å². The maximum Gasteiger partial charge on any atom is 0.256 e. The van der Waals surface area contributed by atoms with Gasteiger partial charge in [0, 0.05) is 37.2 Å². The van der Waals surface area contributed by atoms with Crippen molar-refractivity contribution in [1.29, 1.82) is 0 Å². The molecule has 1 fully saturated rings. The van der Waals surface area contributed by atoms with Gasteiger partial charge < -0.3 is 14.8 Å². The minimum atomic E-state index is -0.0262. The highest BCUT2D eigenvalue weighted by Gasteiger charge is 2.34. The molecule has 6 heteroatoms. The number of nitrogens with zero attached hydrogens (tertiary/aromatic N) is 4. The van der Waals surface area contributed by atoms with E-state index >= 15 is 0 Å². The molecule has 0 spiro atoms. The normalized spacial score (nSPS) is 17.0. The lowest BCUT2D eigenvalue weighted by Crippen LogP contribution is -2.31. The third-order valence-electron chi connectivity index (χ3n) is 5.38. The molecule has 4 rings (SSSR count). The Balaban J connectivity index is 1.75. The largest absolute Gasteiger partial charge is 0.372 e. The molecule has 1 aliphatic heterocycles. The second-order valence-electron chi connectivity index (χ2n) is 6.77. The van der Waals surface area contributed by atoms with Crippen molar-refractivity contribution in [3.05, 3.63) is 53.6 Å². The summed E-state index contributed by atoms with van der Waals surface area (Å²) >= 11 is 0. The predicted molar refractivity (Wildman–Crippen MR) is 102 cm³/mol. The van der Waals surface area contributed by atoms with Gasteiger partial charge in [-0.3, -0.25) is 9.78 Å². The Bertz CT molecular complexity index is 977. The number of anilines is 1. The highest BCUT2D eigenvalue weighted by Crippen LogP contribution is 2.35. The van der Waals surface area contributed by atoms with Gasteiger partial charge in [0.25, 0.3) is 5.91 Å². The summed E-state index contributed by atoms with van der Waals surface area (Å²) in [5.41, 5.74) is 3.73. The summed E-state index contributed by atoms with van der Waals surface area (Å²) in [6.07, 6.45) is 5.36. The predicted octanol–water partition coefficient (Wildman–Crippen LogP) is 3.30. The number of aromatic nitrogens is 3. The number of rotatable bonds is 3. The molecule has 26 heavy (non-hydrogen) atoms. The van der Waals surface area contributed by atoms with E-state index in [9.17, 15) is 4.79 Å². The number of para-hydroxylation sites is 1. The molecular weight excluding hydrogens is 326 g/mol. The number of benzene rings is 1. The molecule has 134 valence electrons. The number of amides is 1. The van der Waals surface area contributed by atoms with Crippen molar-refractivity contribution in [2.45, 2.75) is 25.8 Å². The smallest absolute Gasteiger partial charge is 0.256 e. The zero-order valence-electron chi connectivity index (χ0n) is 15.4. The van der Waals surface area contributed by atoms with Gasteiger partial charge in [-0.25, -0.2) is 4.98 Å². The van der Waals surface area contributed by atoms with E-state index in [4.69, 9.17) is 0 Å². The van der Waals surface area contributed by atoms with Crippen molar-refractivity contribution < 1.29 is 4.79 Å². The first-order chi connectivity index (χ1) is 12.6. The molecule has 1 N–H and O–H groups in total. The van der Waals surface area contributed by atoms with Gasteiger partial charge in [-0.2, -0.15) is 0 Å². The van der Waals surface area contributed by atoms with E-state index in [1.807, 2.05) is 44.1 Å². The number of carbonyl (C=O) groups is 1. The molecule has 1 atom stereocenters. The zero-order valence-corrected chi connectivity index (χ0v) is 15.4.